The number of rotatable bonds is 0. The van der Waals surface area contributed by atoms with E-state index >= 15 is 0 Å². The number of hydrogen-bond donors (Lipinski definition) is 0. The predicted molar refractivity (Wildman–Crippen MR) is 48.6 cm³/mol. The smallest absolute Gasteiger partial charge is 0.0321 e. The lowest BCUT2D eigenvalue weighted by Crippen LogP contribution is -2.67. The lowest BCUT2D eigenvalue weighted by atomic mass is 9.32. The van der Waals surface area contributed by atoms with Crippen LogP contribution in [0, 0.1) is 35.5 Å². The first-order valence-electron chi connectivity index (χ1n) is 5.95. The van der Waals surface area contributed by atoms with E-state index in [0.29, 0.717) is 0 Å². The molecule has 0 heteroatoms. The highest BCUT2D eigenvalue weighted by molar-refractivity contribution is 5.15. The van der Waals surface area contributed by atoms with E-state index < -0.39 is 0 Å². The molecule has 4 rings (SSSR count). The molecule has 6 unspecified atom stereocenters. The van der Waals surface area contributed by atoms with Crippen LogP contribution in [0.2, 0.25) is 0 Å². The Bertz CT molecular complexity index is 192. The third-order valence-corrected chi connectivity index (χ3v) is 5.62. The van der Waals surface area contributed by atoms with Crippen molar-refractivity contribution in [1.82, 2.24) is 0 Å². The quantitative estimate of drug-likeness (QED) is 0.513. The van der Waals surface area contributed by atoms with Crippen molar-refractivity contribution in [3.8, 4) is 0 Å². The second-order valence-corrected chi connectivity index (χ2v) is 5.76. The molecule has 0 bridgehead atoms. The van der Waals surface area contributed by atoms with E-state index in [1.807, 2.05) is 0 Å². The Morgan fingerprint density at radius 3 is 1.67 bits per heavy atom. The van der Waals surface area contributed by atoms with Crippen LogP contribution in [0.5, 0.6) is 0 Å². The molecule has 0 aromatic rings. The van der Waals surface area contributed by atoms with Gasteiger partial charge in [0, 0.05) is 0 Å². The summed E-state index contributed by atoms with van der Waals surface area (Å²) in [6, 6.07) is 0. The van der Waals surface area contributed by atoms with E-state index in [2.05, 4.69) is 0 Å². The molecule has 12 heavy (non-hydrogen) atoms. The van der Waals surface area contributed by atoms with Crippen molar-refractivity contribution in [3.05, 3.63) is 0 Å². The minimum atomic E-state index is 1.21. The Balaban J connectivity index is 1.63. The van der Waals surface area contributed by atoms with Crippen molar-refractivity contribution in [2.45, 2.75) is 38.5 Å². The van der Waals surface area contributed by atoms with Gasteiger partial charge in [-0.25, -0.2) is 0 Å². The van der Waals surface area contributed by atoms with Gasteiger partial charge in [-0.1, -0.05) is 25.7 Å². The second-order valence-electron chi connectivity index (χ2n) is 5.76. The molecule has 4 aliphatic rings. The molecule has 4 aliphatic carbocycles. The fourth-order valence-corrected chi connectivity index (χ4v) is 5.04. The van der Waals surface area contributed by atoms with Crippen LogP contribution in [-0.2, 0) is 0 Å². The maximum Gasteiger partial charge on any atom is -0.0321 e. The normalized spacial score (nSPS) is 66.0. The molecule has 6 atom stereocenters. The topological polar surface area (TPSA) is 0 Å². The fourth-order valence-electron chi connectivity index (χ4n) is 5.04. The molecule has 0 N–H and O–H groups in total. The molecule has 0 amide bonds. The van der Waals surface area contributed by atoms with Crippen molar-refractivity contribution in [2.75, 3.05) is 0 Å². The van der Waals surface area contributed by atoms with E-state index in [0.717, 1.165) is 0 Å². The second kappa shape index (κ2) is 1.91. The average Bonchev–Trinajstić information content (AvgIpc) is 2.08. The minimum absolute atomic E-state index is 1.21. The first-order valence-corrected chi connectivity index (χ1v) is 5.95. The third-order valence-electron chi connectivity index (χ3n) is 5.62. The summed E-state index contributed by atoms with van der Waals surface area (Å²) in [6.45, 7) is 0. The molecule has 4 fully saturated rings. The summed E-state index contributed by atoms with van der Waals surface area (Å²) in [5.41, 5.74) is 0. The summed E-state index contributed by atoms with van der Waals surface area (Å²) >= 11 is 0. The molecule has 0 heterocycles. The van der Waals surface area contributed by atoms with Gasteiger partial charge in [0.2, 0.25) is 0 Å². The first-order chi connectivity index (χ1) is 5.95. The molecule has 0 saturated heterocycles. The zero-order valence-corrected chi connectivity index (χ0v) is 7.71. The van der Waals surface area contributed by atoms with Crippen LogP contribution in [0.25, 0.3) is 0 Å². The molecular weight excluding hydrogens is 144 g/mol. The number of fused-ring (bicyclic) bond motifs is 1. The van der Waals surface area contributed by atoms with Crippen LogP contribution >= 0.6 is 0 Å². The highest BCUT2D eigenvalue weighted by atomic mass is 14.7. The number of hydrogen-bond acceptors (Lipinski definition) is 0. The Morgan fingerprint density at radius 1 is 0.667 bits per heavy atom. The van der Waals surface area contributed by atoms with Crippen LogP contribution in [0.3, 0.4) is 0 Å². The van der Waals surface area contributed by atoms with Crippen LogP contribution in [-0.4, -0.2) is 0 Å². The Morgan fingerprint density at radius 2 is 1.17 bits per heavy atom. The molecule has 0 nitrogen and oxygen atoms in total. The van der Waals surface area contributed by atoms with E-state index in [1.54, 1.807) is 38.5 Å². The predicted octanol–water partition coefficient (Wildman–Crippen LogP) is 3.08. The van der Waals surface area contributed by atoms with Gasteiger partial charge in [-0.3, -0.25) is 0 Å². The van der Waals surface area contributed by atoms with Crippen LogP contribution in [0.15, 0.2) is 0 Å². The third kappa shape index (κ3) is 0.533. The highest BCUT2D eigenvalue weighted by Gasteiger charge is 2.66. The van der Waals surface area contributed by atoms with Gasteiger partial charge in [0.1, 0.15) is 0 Å². The molecule has 0 aliphatic heterocycles. The molecule has 66 valence electrons. The Hall–Kier alpha value is 0. The zero-order chi connectivity index (χ0) is 7.71. The lowest BCUT2D eigenvalue weighted by Gasteiger charge is -2.73. The summed E-state index contributed by atoms with van der Waals surface area (Å²) in [5, 5.41) is 0. The highest BCUT2D eigenvalue weighted by Crippen LogP contribution is 2.73. The monoisotopic (exact) mass is 162 g/mol. The molecular formula is C12H18. The van der Waals surface area contributed by atoms with E-state index in [4.69, 9.17) is 0 Å². The Kier molecular flexibility index (Phi) is 1.03. The van der Waals surface area contributed by atoms with Gasteiger partial charge in [-0.2, -0.15) is 0 Å². The fraction of sp³-hybridized carbons (Fsp3) is 1.00. The standard InChI is InChI=1S/C12H18/c1-2-4-8-6-10-9-5-7(3-1)11(9)12(8)10/h7-12H,1-6H2. The molecule has 0 aromatic heterocycles. The van der Waals surface area contributed by atoms with Crippen LogP contribution < -0.4 is 0 Å². The van der Waals surface area contributed by atoms with Crippen LogP contribution in [0.1, 0.15) is 38.5 Å². The van der Waals surface area contributed by atoms with Gasteiger partial charge >= 0.3 is 0 Å². The molecule has 0 spiro atoms. The van der Waals surface area contributed by atoms with Crippen molar-refractivity contribution < 1.29 is 0 Å². The summed E-state index contributed by atoms with van der Waals surface area (Å²) in [7, 11) is 0. The van der Waals surface area contributed by atoms with Crippen LogP contribution in [0.4, 0.5) is 0 Å². The molecule has 0 aromatic carbocycles. The minimum Gasteiger partial charge on any atom is -0.0530 e. The van der Waals surface area contributed by atoms with E-state index in [9.17, 15) is 0 Å². The van der Waals surface area contributed by atoms with Gasteiger partial charge in [0.15, 0.2) is 0 Å². The Labute approximate surface area is 74.7 Å². The van der Waals surface area contributed by atoms with Gasteiger partial charge in [-0.15, -0.1) is 0 Å². The first kappa shape index (κ1) is 6.45. The van der Waals surface area contributed by atoms with Crippen molar-refractivity contribution in [3.63, 3.8) is 0 Å². The SMILES string of the molecule is C1CCC2CC3C4CC(C1)C4C23. The van der Waals surface area contributed by atoms with Gasteiger partial charge in [-0.05, 0) is 48.3 Å². The largest absolute Gasteiger partial charge is 0.0530 e. The van der Waals surface area contributed by atoms with Crippen molar-refractivity contribution in [2.24, 2.45) is 35.5 Å². The average molecular weight is 162 g/mol. The van der Waals surface area contributed by atoms with E-state index in [-0.39, 0.29) is 0 Å². The summed E-state index contributed by atoms with van der Waals surface area (Å²) in [5.74, 6) is 7.42. The van der Waals surface area contributed by atoms with Gasteiger partial charge in [0.25, 0.3) is 0 Å². The van der Waals surface area contributed by atoms with Crippen molar-refractivity contribution >= 4 is 0 Å². The summed E-state index contributed by atoms with van der Waals surface area (Å²) in [6.07, 6.45) is 9.58. The zero-order valence-electron chi connectivity index (χ0n) is 7.71. The lowest BCUT2D eigenvalue weighted by molar-refractivity contribution is -0.248. The molecule has 4 saturated carbocycles. The van der Waals surface area contributed by atoms with Crippen molar-refractivity contribution in [1.29, 1.82) is 0 Å². The maximum absolute atomic E-state index is 1.64. The maximum atomic E-state index is 1.64. The van der Waals surface area contributed by atoms with Gasteiger partial charge in [0.05, 0.1) is 0 Å². The summed E-state index contributed by atoms with van der Waals surface area (Å²) < 4.78 is 0. The van der Waals surface area contributed by atoms with Gasteiger partial charge < -0.3 is 0 Å². The molecule has 0 radical (unpaired) electrons. The summed E-state index contributed by atoms with van der Waals surface area (Å²) in [4.78, 5) is 0. The van der Waals surface area contributed by atoms with E-state index in [1.165, 1.54) is 35.5 Å².